The molecule has 0 unspecified atom stereocenters. The predicted octanol–water partition coefficient (Wildman–Crippen LogP) is 1.10. The first-order chi connectivity index (χ1) is 10.5. The molecule has 0 saturated carbocycles. The van der Waals surface area contributed by atoms with Crippen LogP contribution in [0.2, 0.25) is 0 Å². The average molecular weight is 320 g/mol. The van der Waals surface area contributed by atoms with Crippen molar-refractivity contribution in [3.63, 3.8) is 0 Å². The largest absolute Gasteiger partial charge is 0.303 e. The van der Waals surface area contributed by atoms with Crippen LogP contribution >= 0.6 is 0 Å². The number of piperazine rings is 1. The molecule has 1 aromatic heterocycles. The molecule has 1 saturated heterocycles. The van der Waals surface area contributed by atoms with E-state index >= 15 is 0 Å². The Morgan fingerprint density at radius 3 is 2.50 bits per heavy atom. The molecule has 2 aromatic rings. The van der Waals surface area contributed by atoms with E-state index in [4.69, 9.17) is 0 Å². The first-order valence-electron chi connectivity index (χ1n) is 7.22. The maximum atomic E-state index is 12.9. The van der Waals surface area contributed by atoms with Crippen LogP contribution in [0.1, 0.15) is 11.6 Å². The molecule has 0 amide bonds. The Kier molecular flexibility index (Phi) is 4.03. The third-order valence-electron chi connectivity index (χ3n) is 4.01. The zero-order valence-corrected chi connectivity index (χ0v) is 13.6. The molecule has 1 atom stereocenters. The molecule has 1 fully saturated rings. The Bertz CT molecular complexity index is 742. The summed E-state index contributed by atoms with van der Waals surface area (Å²) in [5, 5.41) is 3.99. The van der Waals surface area contributed by atoms with Gasteiger partial charge in [0.1, 0.15) is 4.90 Å². The van der Waals surface area contributed by atoms with E-state index in [0.717, 1.165) is 12.1 Å². The zero-order chi connectivity index (χ0) is 15.7. The van der Waals surface area contributed by atoms with Crippen molar-refractivity contribution >= 4 is 10.0 Å². The molecule has 0 radical (unpaired) electrons. The third kappa shape index (κ3) is 2.79. The molecule has 3 rings (SSSR count). The number of nitrogens with zero attached hydrogens (tertiary/aromatic N) is 4. The molecule has 1 aliphatic heterocycles. The topological polar surface area (TPSA) is 58.4 Å². The van der Waals surface area contributed by atoms with E-state index in [9.17, 15) is 8.42 Å². The van der Waals surface area contributed by atoms with Crippen LogP contribution in [0.3, 0.4) is 0 Å². The lowest BCUT2D eigenvalue weighted by molar-refractivity contribution is 0.160. The molecule has 0 spiro atoms. The van der Waals surface area contributed by atoms with Gasteiger partial charge in [-0.25, -0.2) is 8.42 Å². The van der Waals surface area contributed by atoms with E-state index in [-0.39, 0.29) is 10.9 Å². The van der Waals surface area contributed by atoms with Crippen molar-refractivity contribution in [2.75, 3.05) is 26.7 Å². The lowest BCUT2D eigenvalue weighted by Crippen LogP contribution is -2.49. The number of sulfonamides is 1. The number of hydrogen-bond donors (Lipinski definition) is 0. The fourth-order valence-electron chi connectivity index (χ4n) is 2.80. The zero-order valence-electron chi connectivity index (χ0n) is 12.8. The third-order valence-corrected chi connectivity index (χ3v) is 5.87. The van der Waals surface area contributed by atoms with Crippen molar-refractivity contribution in [1.82, 2.24) is 19.0 Å². The first-order valence-corrected chi connectivity index (χ1v) is 8.66. The Hall–Kier alpha value is -1.70. The minimum absolute atomic E-state index is 0.176. The lowest BCUT2D eigenvalue weighted by Gasteiger charge is -2.39. The van der Waals surface area contributed by atoms with Crippen molar-refractivity contribution in [3.05, 3.63) is 48.3 Å². The van der Waals surface area contributed by atoms with Crippen LogP contribution in [-0.2, 0) is 17.1 Å². The maximum absolute atomic E-state index is 12.9. The van der Waals surface area contributed by atoms with Crippen LogP contribution < -0.4 is 0 Å². The summed E-state index contributed by atoms with van der Waals surface area (Å²) in [5.74, 6) is 0. The molecular formula is C15H20N4O2S. The minimum atomic E-state index is -3.54. The SMILES string of the molecule is CN1CCN(S(=O)(=O)c2cnn(C)c2)[C@H](c2ccccc2)C1. The molecule has 22 heavy (non-hydrogen) atoms. The fourth-order valence-corrected chi connectivity index (χ4v) is 4.39. The second-order valence-electron chi connectivity index (χ2n) is 5.65. The predicted molar refractivity (Wildman–Crippen MR) is 83.8 cm³/mol. The van der Waals surface area contributed by atoms with Gasteiger partial charge in [-0.2, -0.15) is 9.40 Å². The van der Waals surface area contributed by atoms with Gasteiger partial charge in [-0.3, -0.25) is 4.68 Å². The summed E-state index contributed by atoms with van der Waals surface area (Å²) >= 11 is 0. The van der Waals surface area contributed by atoms with Crippen molar-refractivity contribution < 1.29 is 8.42 Å². The number of likely N-dealkylation sites (N-methyl/N-ethyl adjacent to an activating group) is 1. The number of hydrogen-bond acceptors (Lipinski definition) is 4. The number of aromatic nitrogens is 2. The van der Waals surface area contributed by atoms with Gasteiger partial charge in [0, 0.05) is 32.9 Å². The molecule has 2 heterocycles. The van der Waals surface area contributed by atoms with Gasteiger partial charge >= 0.3 is 0 Å². The molecule has 0 N–H and O–H groups in total. The fraction of sp³-hybridized carbons (Fsp3) is 0.400. The van der Waals surface area contributed by atoms with Gasteiger partial charge in [0.25, 0.3) is 0 Å². The van der Waals surface area contributed by atoms with Crippen LogP contribution in [0.4, 0.5) is 0 Å². The van der Waals surface area contributed by atoms with Gasteiger partial charge in [0.2, 0.25) is 10.0 Å². The molecule has 6 nitrogen and oxygen atoms in total. The molecule has 1 aromatic carbocycles. The standard InChI is InChI=1S/C15H20N4O2S/c1-17-8-9-19(15(12-17)13-6-4-3-5-7-13)22(20,21)14-10-16-18(2)11-14/h3-7,10-11,15H,8-9,12H2,1-2H3/t15-/m0/s1. The normalized spacial score (nSPS) is 21.1. The summed E-state index contributed by atoms with van der Waals surface area (Å²) in [6, 6.07) is 9.61. The summed E-state index contributed by atoms with van der Waals surface area (Å²) in [7, 11) is 0.199. The summed E-state index contributed by atoms with van der Waals surface area (Å²) < 4.78 is 29.0. The highest BCUT2D eigenvalue weighted by molar-refractivity contribution is 7.89. The average Bonchev–Trinajstić information content (AvgIpc) is 2.95. The highest BCUT2D eigenvalue weighted by Gasteiger charge is 2.36. The van der Waals surface area contributed by atoms with Crippen molar-refractivity contribution in [2.24, 2.45) is 7.05 Å². The van der Waals surface area contributed by atoms with Crippen LogP contribution in [0, 0.1) is 0 Å². The van der Waals surface area contributed by atoms with E-state index in [1.165, 1.54) is 10.9 Å². The van der Waals surface area contributed by atoms with Gasteiger partial charge in [0.15, 0.2) is 0 Å². The number of benzene rings is 1. The van der Waals surface area contributed by atoms with Crippen LogP contribution in [0.15, 0.2) is 47.6 Å². The van der Waals surface area contributed by atoms with Gasteiger partial charge in [-0.05, 0) is 12.6 Å². The molecule has 118 valence electrons. The molecule has 0 bridgehead atoms. The number of aryl methyl sites for hydroxylation is 1. The Morgan fingerprint density at radius 2 is 1.86 bits per heavy atom. The summed E-state index contributed by atoms with van der Waals surface area (Å²) in [6.07, 6.45) is 2.96. The number of rotatable bonds is 3. The van der Waals surface area contributed by atoms with Crippen LogP contribution in [-0.4, -0.2) is 54.1 Å². The Morgan fingerprint density at radius 1 is 1.14 bits per heavy atom. The molecular weight excluding hydrogens is 300 g/mol. The smallest absolute Gasteiger partial charge is 0.246 e. The maximum Gasteiger partial charge on any atom is 0.246 e. The first kappa shape index (κ1) is 15.2. The van der Waals surface area contributed by atoms with Gasteiger partial charge < -0.3 is 4.90 Å². The highest BCUT2D eigenvalue weighted by Crippen LogP contribution is 2.30. The summed E-state index contributed by atoms with van der Waals surface area (Å²) in [4.78, 5) is 2.41. The summed E-state index contributed by atoms with van der Waals surface area (Å²) in [6.45, 7) is 1.89. The van der Waals surface area contributed by atoms with Gasteiger partial charge in [-0.15, -0.1) is 0 Å². The molecule has 0 aliphatic carbocycles. The summed E-state index contributed by atoms with van der Waals surface area (Å²) in [5.41, 5.74) is 1.02. The van der Waals surface area contributed by atoms with Gasteiger partial charge in [-0.1, -0.05) is 30.3 Å². The minimum Gasteiger partial charge on any atom is -0.303 e. The van der Waals surface area contributed by atoms with E-state index in [2.05, 4.69) is 10.00 Å². The van der Waals surface area contributed by atoms with E-state index in [1.54, 1.807) is 17.5 Å². The Labute approximate surface area is 131 Å². The Balaban J connectivity index is 1.99. The van der Waals surface area contributed by atoms with E-state index in [0.29, 0.717) is 13.1 Å². The van der Waals surface area contributed by atoms with Crippen molar-refractivity contribution in [1.29, 1.82) is 0 Å². The van der Waals surface area contributed by atoms with Crippen LogP contribution in [0.5, 0.6) is 0 Å². The van der Waals surface area contributed by atoms with E-state index in [1.807, 2.05) is 37.4 Å². The quantitative estimate of drug-likeness (QED) is 0.850. The monoisotopic (exact) mass is 320 g/mol. The van der Waals surface area contributed by atoms with Crippen molar-refractivity contribution in [2.45, 2.75) is 10.9 Å². The molecule has 7 heteroatoms. The van der Waals surface area contributed by atoms with Crippen LogP contribution in [0.25, 0.3) is 0 Å². The van der Waals surface area contributed by atoms with E-state index < -0.39 is 10.0 Å². The van der Waals surface area contributed by atoms with Crippen molar-refractivity contribution in [3.8, 4) is 0 Å². The lowest BCUT2D eigenvalue weighted by atomic mass is 10.1. The second kappa shape index (κ2) is 5.83. The molecule has 1 aliphatic rings. The highest BCUT2D eigenvalue weighted by atomic mass is 32.2. The van der Waals surface area contributed by atoms with Gasteiger partial charge in [0.05, 0.1) is 12.2 Å². The second-order valence-corrected chi connectivity index (χ2v) is 7.54.